The van der Waals surface area contributed by atoms with Gasteiger partial charge in [-0.05, 0) is 35.7 Å². The van der Waals surface area contributed by atoms with Crippen LogP contribution >= 0.6 is 0 Å². The largest absolute Gasteiger partial charge is 0.456 e. The van der Waals surface area contributed by atoms with Gasteiger partial charge in [-0.2, -0.15) is 0 Å². The Morgan fingerprint density at radius 1 is 0.417 bits per heavy atom. The van der Waals surface area contributed by atoms with E-state index in [1.54, 1.807) is 0 Å². The van der Waals surface area contributed by atoms with Crippen LogP contribution in [0.2, 0.25) is 0 Å². The summed E-state index contributed by atoms with van der Waals surface area (Å²) in [5, 5.41) is 6.67. The number of benzene rings is 7. The highest BCUT2D eigenvalue weighted by molar-refractivity contribution is 6.22. The Morgan fingerprint density at radius 2 is 1.04 bits per heavy atom. The summed E-state index contributed by atoms with van der Waals surface area (Å²) in [6.45, 7) is 0. The van der Waals surface area contributed by atoms with Crippen LogP contribution in [0.25, 0.3) is 94.4 Å². The first kappa shape index (κ1) is 26.6. The Balaban J connectivity index is 1.32. The molecule has 0 amide bonds. The monoisotopic (exact) mass is 614 g/mol. The molecule has 0 unspecified atom stereocenters. The molecule has 5 heteroatoms. The van der Waals surface area contributed by atoms with Gasteiger partial charge in [0.2, 0.25) is 0 Å². The van der Waals surface area contributed by atoms with Crippen molar-refractivity contribution in [2.24, 2.45) is 0 Å². The molecule has 0 fully saturated rings. The van der Waals surface area contributed by atoms with Crippen LogP contribution in [-0.4, -0.2) is 19.5 Å². The Hall–Kier alpha value is -6.59. The number of fused-ring (bicyclic) bond motifs is 8. The quantitative estimate of drug-likeness (QED) is 0.198. The van der Waals surface area contributed by atoms with Gasteiger partial charge in [-0.3, -0.25) is 0 Å². The highest BCUT2D eigenvalue weighted by Crippen LogP contribution is 2.42. The fourth-order valence-corrected chi connectivity index (χ4v) is 7.15. The van der Waals surface area contributed by atoms with Crippen molar-refractivity contribution in [2.75, 3.05) is 0 Å². The first-order valence-electron chi connectivity index (χ1n) is 16.0. The number of aromatic nitrogens is 4. The molecule has 48 heavy (non-hydrogen) atoms. The van der Waals surface area contributed by atoms with E-state index in [9.17, 15) is 0 Å². The Labute approximate surface area is 275 Å². The van der Waals surface area contributed by atoms with Crippen LogP contribution in [0.5, 0.6) is 0 Å². The maximum absolute atomic E-state index is 6.26. The van der Waals surface area contributed by atoms with Gasteiger partial charge in [-0.25, -0.2) is 15.0 Å². The highest BCUT2D eigenvalue weighted by Gasteiger charge is 2.22. The first-order valence-corrected chi connectivity index (χ1v) is 16.0. The summed E-state index contributed by atoms with van der Waals surface area (Å²) in [7, 11) is 0. The standard InChI is InChI=1S/C43H26N4O/c1-3-14-28(15-4-1)41-44-42(46-43(45-41)34-21-12-24-37-39(34)31-19-9-10-23-36(31)48-37)33-20-11-22-35-38(33)32-26-25-27-13-7-8-18-30(27)40(32)47(35)29-16-5-2-6-17-29/h1-26H. The molecule has 224 valence electrons. The van der Waals surface area contributed by atoms with E-state index in [0.29, 0.717) is 17.5 Å². The maximum atomic E-state index is 6.26. The molecule has 0 saturated carbocycles. The zero-order valence-corrected chi connectivity index (χ0v) is 25.7. The molecule has 10 aromatic rings. The molecule has 3 heterocycles. The average Bonchev–Trinajstić information content (AvgIpc) is 3.72. The lowest BCUT2D eigenvalue weighted by Crippen LogP contribution is -2.01. The molecule has 0 atom stereocenters. The smallest absolute Gasteiger partial charge is 0.164 e. The SMILES string of the molecule is c1ccc(-c2nc(-c3cccc4oc5ccccc5c34)nc(-c3cccc4c3c3ccc5ccccc5c3n4-c3ccccc3)n2)cc1. The van der Waals surface area contributed by atoms with Gasteiger partial charge in [0.1, 0.15) is 11.2 Å². The van der Waals surface area contributed by atoms with Crippen molar-refractivity contribution < 1.29 is 4.42 Å². The van der Waals surface area contributed by atoms with Crippen LogP contribution < -0.4 is 0 Å². The van der Waals surface area contributed by atoms with Crippen LogP contribution in [0.3, 0.4) is 0 Å². The average molecular weight is 615 g/mol. The molecule has 0 saturated heterocycles. The van der Waals surface area contributed by atoms with E-state index >= 15 is 0 Å². The van der Waals surface area contributed by atoms with Crippen LogP contribution in [0, 0.1) is 0 Å². The summed E-state index contributed by atoms with van der Waals surface area (Å²) in [4.78, 5) is 15.5. The maximum Gasteiger partial charge on any atom is 0.164 e. The van der Waals surface area contributed by atoms with Crippen molar-refractivity contribution in [1.29, 1.82) is 0 Å². The molecule has 0 N–H and O–H groups in total. The van der Waals surface area contributed by atoms with Crippen LogP contribution in [0.15, 0.2) is 162 Å². The third kappa shape index (κ3) is 4.01. The van der Waals surface area contributed by atoms with Gasteiger partial charge in [0.15, 0.2) is 17.5 Å². The number of para-hydroxylation sites is 2. The highest BCUT2D eigenvalue weighted by atomic mass is 16.3. The van der Waals surface area contributed by atoms with Gasteiger partial charge < -0.3 is 8.98 Å². The van der Waals surface area contributed by atoms with Gasteiger partial charge in [-0.15, -0.1) is 0 Å². The molecular formula is C43H26N4O. The molecular weight excluding hydrogens is 589 g/mol. The molecule has 0 spiro atoms. The first-order chi connectivity index (χ1) is 23.8. The molecule has 0 bridgehead atoms. The molecule has 0 radical (unpaired) electrons. The van der Waals surface area contributed by atoms with Crippen molar-refractivity contribution in [2.45, 2.75) is 0 Å². The van der Waals surface area contributed by atoms with Crippen molar-refractivity contribution in [3.63, 3.8) is 0 Å². The number of furan rings is 1. The molecule has 5 nitrogen and oxygen atoms in total. The second kappa shape index (κ2) is 10.5. The molecule has 7 aromatic carbocycles. The molecule has 3 aromatic heterocycles. The topological polar surface area (TPSA) is 56.7 Å². The van der Waals surface area contributed by atoms with E-state index in [2.05, 4.69) is 102 Å². The van der Waals surface area contributed by atoms with Gasteiger partial charge in [0, 0.05) is 49.3 Å². The van der Waals surface area contributed by atoms with Crippen molar-refractivity contribution in [3.8, 4) is 39.9 Å². The van der Waals surface area contributed by atoms with Gasteiger partial charge in [-0.1, -0.05) is 127 Å². The third-order valence-electron chi connectivity index (χ3n) is 9.24. The Morgan fingerprint density at radius 3 is 1.85 bits per heavy atom. The van der Waals surface area contributed by atoms with Crippen molar-refractivity contribution >= 4 is 54.5 Å². The van der Waals surface area contributed by atoms with E-state index < -0.39 is 0 Å². The fraction of sp³-hybridized carbons (Fsp3) is 0. The van der Waals surface area contributed by atoms with E-state index in [4.69, 9.17) is 19.4 Å². The Bertz CT molecular complexity index is 2830. The van der Waals surface area contributed by atoms with E-state index in [-0.39, 0.29) is 0 Å². The number of hydrogen-bond donors (Lipinski definition) is 0. The van der Waals surface area contributed by atoms with E-state index in [0.717, 1.165) is 66.1 Å². The minimum absolute atomic E-state index is 0.602. The van der Waals surface area contributed by atoms with Gasteiger partial charge >= 0.3 is 0 Å². The van der Waals surface area contributed by atoms with Crippen molar-refractivity contribution in [3.05, 3.63) is 158 Å². The lowest BCUT2D eigenvalue weighted by atomic mass is 10.0. The summed E-state index contributed by atoms with van der Waals surface area (Å²) < 4.78 is 8.63. The zero-order valence-electron chi connectivity index (χ0n) is 25.7. The van der Waals surface area contributed by atoms with Crippen LogP contribution in [0.1, 0.15) is 0 Å². The normalized spacial score (nSPS) is 11.8. The van der Waals surface area contributed by atoms with Gasteiger partial charge in [0.25, 0.3) is 0 Å². The number of rotatable bonds is 4. The second-order valence-electron chi connectivity index (χ2n) is 12.0. The van der Waals surface area contributed by atoms with Crippen LogP contribution in [-0.2, 0) is 0 Å². The number of hydrogen-bond acceptors (Lipinski definition) is 4. The van der Waals surface area contributed by atoms with E-state index in [1.807, 2.05) is 60.7 Å². The Kier molecular flexibility index (Phi) is 5.81. The lowest BCUT2D eigenvalue weighted by molar-refractivity contribution is 0.669. The summed E-state index contributed by atoms with van der Waals surface area (Å²) in [5.41, 5.74) is 7.78. The second-order valence-corrected chi connectivity index (χ2v) is 12.0. The summed E-state index contributed by atoms with van der Waals surface area (Å²) in [6.07, 6.45) is 0. The number of nitrogens with zero attached hydrogens (tertiary/aromatic N) is 4. The minimum Gasteiger partial charge on any atom is -0.456 e. The molecule has 0 aliphatic rings. The fourth-order valence-electron chi connectivity index (χ4n) is 7.15. The predicted octanol–water partition coefficient (Wildman–Crippen LogP) is 11.0. The zero-order chi connectivity index (χ0) is 31.6. The molecule has 0 aliphatic carbocycles. The summed E-state index contributed by atoms with van der Waals surface area (Å²) in [6, 6.07) is 54.4. The molecule has 0 aliphatic heterocycles. The van der Waals surface area contributed by atoms with Gasteiger partial charge in [0.05, 0.1) is 11.0 Å². The van der Waals surface area contributed by atoms with Crippen LogP contribution in [0.4, 0.5) is 0 Å². The predicted molar refractivity (Wildman–Crippen MR) is 195 cm³/mol. The van der Waals surface area contributed by atoms with Crippen molar-refractivity contribution in [1.82, 2.24) is 19.5 Å². The lowest BCUT2D eigenvalue weighted by Gasteiger charge is -2.11. The molecule has 10 rings (SSSR count). The third-order valence-corrected chi connectivity index (χ3v) is 9.24. The summed E-state index contributed by atoms with van der Waals surface area (Å²) >= 11 is 0. The van der Waals surface area contributed by atoms with E-state index in [1.165, 1.54) is 10.8 Å². The summed E-state index contributed by atoms with van der Waals surface area (Å²) in [5.74, 6) is 1.84. The minimum atomic E-state index is 0.602.